The minimum atomic E-state index is -0.0514. The molecule has 0 bridgehead atoms. The highest BCUT2D eigenvalue weighted by atomic mass is 79.9. The van der Waals surface area contributed by atoms with Crippen molar-refractivity contribution in [2.24, 2.45) is 5.41 Å². The van der Waals surface area contributed by atoms with Gasteiger partial charge in [-0.3, -0.25) is 4.90 Å². The summed E-state index contributed by atoms with van der Waals surface area (Å²) in [6.07, 6.45) is 10.1. The van der Waals surface area contributed by atoms with Gasteiger partial charge in [0, 0.05) is 41.8 Å². The van der Waals surface area contributed by atoms with Crippen molar-refractivity contribution in [1.82, 2.24) is 9.88 Å². The van der Waals surface area contributed by atoms with Gasteiger partial charge in [0.05, 0.1) is 6.10 Å². The van der Waals surface area contributed by atoms with Gasteiger partial charge in [-0.25, -0.2) is 4.98 Å². The van der Waals surface area contributed by atoms with Crippen molar-refractivity contribution in [2.45, 2.75) is 64.0 Å². The van der Waals surface area contributed by atoms with E-state index in [0.29, 0.717) is 11.5 Å². The summed E-state index contributed by atoms with van der Waals surface area (Å²) < 4.78 is 1.06. The van der Waals surface area contributed by atoms with Gasteiger partial charge >= 0.3 is 0 Å². The van der Waals surface area contributed by atoms with Gasteiger partial charge < -0.3 is 10.0 Å². The molecule has 3 fully saturated rings. The lowest BCUT2D eigenvalue weighted by Crippen LogP contribution is -2.47. The Morgan fingerprint density at radius 2 is 1.96 bits per heavy atom. The van der Waals surface area contributed by atoms with Crippen molar-refractivity contribution in [1.29, 1.82) is 0 Å². The largest absolute Gasteiger partial charge is 0.393 e. The van der Waals surface area contributed by atoms with E-state index in [9.17, 15) is 5.11 Å². The molecule has 3 aliphatic rings. The molecular weight excluding hydrogens is 378 g/mol. The molecule has 1 aromatic rings. The van der Waals surface area contributed by atoms with Crippen molar-refractivity contribution in [3.63, 3.8) is 0 Å². The topological polar surface area (TPSA) is 39.6 Å². The fraction of sp³-hybridized carbons (Fsp3) is 0.750. The molecule has 2 aliphatic heterocycles. The summed E-state index contributed by atoms with van der Waals surface area (Å²) >= 11 is 3.53. The van der Waals surface area contributed by atoms with Gasteiger partial charge in [-0.15, -0.1) is 0 Å². The summed E-state index contributed by atoms with van der Waals surface area (Å²) in [6.45, 7) is 6.92. The number of halogens is 1. The number of nitrogens with zero attached hydrogens (tertiary/aromatic N) is 3. The second-order valence-corrected chi connectivity index (χ2v) is 9.42. The summed E-state index contributed by atoms with van der Waals surface area (Å²) in [6, 6.07) is 2.88. The normalized spacial score (nSPS) is 34.0. The highest BCUT2D eigenvalue weighted by Crippen LogP contribution is 2.42. The third-order valence-electron chi connectivity index (χ3n) is 6.63. The Balaban J connectivity index is 1.44. The first kappa shape index (κ1) is 17.7. The van der Waals surface area contributed by atoms with E-state index in [0.717, 1.165) is 30.4 Å². The van der Waals surface area contributed by atoms with Gasteiger partial charge in [-0.05, 0) is 86.0 Å². The van der Waals surface area contributed by atoms with Gasteiger partial charge in [0.25, 0.3) is 0 Å². The monoisotopic (exact) mass is 407 g/mol. The Morgan fingerprint density at radius 3 is 2.72 bits per heavy atom. The lowest BCUT2D eigenvalue weighted by Gasteiger charge is -2.42. The second-order valence-electron chi connectivity index (χ2n) is 8.50. The molecule has 0 unspecified atom stereocenters. The summed E-state index contributed by atoms with van der Waals surface area (Å²) in [5, 5.41) is 9.78. The molecule has 138 valence electrons. The summed E-state index contributed by atoms with van der Waals surface area (Å²) in [5.41, 5.74) is 1.71. The van der Waals surface area contributed by atoms with Gasteiger partial charge in [0.1, 0.15) is 5.82 Å². The van der Waals surface area contributed by atoms with E-state index in [1.165, 1.54) is 56.6 Å². The highest BCUT2D eigenvalue weighted by molar-refractivity contribution is 9.10. The highest BCUT2D eigenvalue weighted by Gasteiger charge is 2.43. The standard InChI is InChI=1S/C20H30BrN3O/c1-15-11-16(21)12-22-19(15)24-9-2-7-20(14-24)8-10-23(13-20)17-3-5-18(25)6-4-17/h11-12,17-18,25H,2-10,13-14H2,1H3/t17?,18?,20-/m1/s1. The Labute approximate surface area is 159 Å². The number of hydrogen-bond donors (Lipinski definition) is 1. The number of pyridine rings is 1. The van der Waals surface area contributed by atoms with E-state index in [2.05, 4.69) is 38.7 Å². The number of rotatable bonds is 2. The Hall–Kier alpha value is -0.650. The lowest BCUT2D eigenvalue weighted by molar-refractivity contribution is 0.0770. The molecule has 1 aromatic heterocycles. The zero-order chi connectivity index (χ0) is 17.4. The van der Waals surface area contributed by atoms with E-state index in [-0.39, 0.29) is 6.10 Å². The van der Waals surface area contributed by atoms with E-state index in [4.69, 9.17) is 4.98 Å². The zero-order valence-electron chi connectivity index (χ0n) is 15.3. The first-order valence-electron chi connectivity index (χ1n) is 9.84. The van der Waals surface area contributed by atoms with Crippen LogP contribution in [0.2, 0.25) is 0 Å². The molecule has 25 heavy (non-hydrogen) atoms. The summed E-state index contributed by atoms with van der Waals surface area (Å²) in [5.74, 6) is 1.17. The van der Waals surface area contributed by atoms with Crippen molar-refractivity contribution >= 4 is 21.7 Å². The number of anilines is 1. The molecule has 4 rings (SSSR count). The van der Waals surface area contributed by atoms with Crippen LogP contribution in [0.25, 0.3) is 0 Å². The van der Waals surface area contributed by atoms with Crippen molar-refractivity contribution < 1.29 is 5.11 Å². The average molecular weight is 408 g/mol. The Kier molecular flexibility index (Phi) is 5.09. The number of aliphatic hydroxyl groups is 1. The summed E-state index contributed by atoms with van der Waals surface area (Å²) in [7, 11) is 0. The van der Waals surface area contributed by atoms with E-state index < -0.39 is 0 Å². The smallest absolute Gasteiger partial charge is 0.131 e. The molecule has 0 amide bonds. The van der Waals surface area contributed by atoms with E-state index in [1.54, 1.807) is 0 Å². The van der Waals surface area contributed by atoms with E-state index >= 15 is 0 Å². The number of hydrogen-bond acceptors (Lipinski definition) is 4. The van der Waals surface area contributed by atoms with Gasteiger partial charge in [0.2, 0.25) is 0 Å². The number of piperidine rings is 1. The van der Waals surface area contributed by atoms with Crippen LogP contribution in [-0.2, 0) is 0 Å². The molecule has 0 radical (unpaired) electrons. The molecule has 1 saturated carbocycles. The zero-order valence-corrected chi connectivity index (χ0v) is 16.8. The summed E-state index contributed by atoms with van der Waals surface area (Å²) in [4.78, 5) is 9.97. The van der Waals surface area contributed by atoms with E-state index in [1.807, 2.05) is 6.20 Å². The molecule has 3 heterocycles. The first-order valence-corrected chi connectivity index (χ1v) is 10.6. The average Bonchev–Trinajstić information content (AvgIpc) is 2.99. The predicted octanol–water partition coefficient (Wildman–Crippen LogP) is 3.75. The van der Waals surface area contributed by atoms with Crippen LogP contribution in [-0.4, -0.2) is 53.3 Å². The van der Waals surface area contributed by atoms with Crippen LogP contribution < -0.4 is 4.90 Å². The molecule has 2 saturated heterocycles. The molecule has 4 nitrogen and oxygen atoms in total. The lowest BCUT2D eigenvalue weighted by atomic mass is 9.79. The van der Waals surface area contributed by atoms with Gasteiger partial charge in [-0.2, -0.15) is 0 Å². The third-order valence-corrected chi connectivity index (χ3v) is 7.06. The third kappa shape index (κ3) is 3.74. The fourth-order valence-electron chi connectivity index (χ4n) is 5.29. The minimum absolute atomic E-state index is 0.0514. The molecule has 5 heteroatoms. The quantitative estimate of drug-likeness (QED) is 0.809. The first-order chi connectivity index (χ1) is 12.0. The molecule has 1 aliphatic carbocycles. The second kappa shape index (κ2) is 7.16. The predicted molar refractivity (Wildman–Crippen MR) is 105 cm³/mol. The van der Waals surface area contributed by atoms with Crippen molar-refractivity contribution in [3.05, 3.63) is 22.3 Å². The van der Waals surface area contributed by atoms with Crippen LogP contribution in [0.1, 0.15) is 50.5 Å². The van der Waals surface area contributed by atoms with Crippen LogP contribution in [0.3, 0.4) is 0 Å². The van der Waals surface area contributed by atoms with Crippen LogP contribution >= 0.6 is 15.9 Å². The minimum Gasteiger partial charge on any atom is -0.393 e. The number of likely N-dealkylation sites (tertiary alicyclic amines) is 1. The molecular formula is C20H30BrN3O. The molecule has 0 aromatic carbocycles. The van der Waals surface area contributed by atoms with Crippen LogP contribution in [0.5, 0.6) is 0 Å². The molecule has 1 spiro atoms. The maximum Gasteiger partial charge on any atom is 0.131 e. The van der Waals surface area contributed by atoms with Crippen LogP contribution in [0.15, 0.2) is 16.7 Å². The van der Waals surface area contributed by atoms with Crippen LogP contribution in [0.4, 0.5) is 5.82 Å². The number of aryl methyl sites for hydroxylation is 1. The maximum atomic E-state index is 9.78. The fourth-order valence-corrected chi connectivity index (χ4v) is 5.74. The molecule has 1 atom stereocenters. The van der Waals surface area contributed by atoms with Gasteiger partial charge in [0.15, 0.2) is 0 Å². The SMILES string of the molecule is Cc1cc(Br)cnc1N1CCC[C@]2(CCN(C3CCC(O)CC3)C2)C1. The maximum absolute atomic E-state index is 9.78. The number of aliphatic hydroxyl groups excluding tert-OH is 1. The molecule has 1 N–H and O–H groups in total. The van der Waals surface area contributed by atoms with Crippen molar-refractivity contribution in [3.8, 4) is 0 Å². The Morgan fingerprint density at radius 1 is 1.16 bits per heavy atom. The van der Waals surface area contributed by atoms with Crippen molar-refractivity contribution in [2.75, 3.05) is 31.1 Å². The van der Waals surface area contributed by atoms with Gasteiger partial charge in [-0.1, -0.05) is 0 Å². The number of aromatic nitrogens is 1. The van der Waals surface area contributed by atoms with Crippen LogP contribution in [0, 0.1) is 12.3 Å². The Bertz CT molecular complexity index is 617.